The molecule has 0 radical (unpaired) electrons. The minimum atomic E-state index is -1.19. The van der Waals surface area contributed by atoms with Crippen LogP contribution in [0.5, 0.6) is 0 Å². The number of nitrogens with one attached hydrogen (secondary N) is 2. The van der Waals surface area contributed by atoms with E-state index in [0.29, 0.717) is 22.9 Å². The Hall–Kier alpha value is -2.75. The number of hydrogen-bond acceptors (Lipinski definition) is 5. The molecule has 1 aliphatic rings. The van der Waals surface area contributed by atoms with Crippen molar-refractivity contribution < 1.29 is 24.3 Å². The quantitative estimate of drug-likeness (QED) is 0.527. The van der Waals surface area contributed by atoms with Gasteiger partial charge in [0.25, 0.3) is 5.91 Å². The van der Waals surface area contributed by atoms with E-state index in [0.717, 1.165) is 0 Å². The van der Waals surface area contributed by atoms with E-state index in [4.69, 9.17) is 23.2 Å². The van der Waals surface area contributed by atoms with Gasteiger partial charge in [0.1, 0.15) is 12.1 Å². The third kappa shape index (κ3) is 6.19. The number of carbonyl (C=O) groups excluding carboxylic acids is 3. The lowest BCUT2D eigenvalue weighted by Crippen LogP contribution is -2.52. The Morgan fingerprint density at radius 2 is 1.76 bits per heavy atom. The number of amides is 3. The van der Waals surface area contributed by atoms with E-state index in [9.17, 15) is 24.3 Å². The van der Waals surface area contributed by atoms with Crippen LogP contribution in [0.3, 0.4) is 0 Å². The van der Waals surface area contributed by atoms with Crippen molar-refractivity contribution in [3.63, 3.8) is 0 Å². The molecule has 1 fully saturated rings. The number of hydrogen-bond donors (Lipinski definition) is 3. The topological polar surface area (TPSA) is 116 Å². The van der Waals surface area contributed by atoms with E-state index >= 15 is 0 Å². The van der Waals surface area contributed by atoms with Crippen LogP contribution >= 0.6 is 35.0 Å². The monoisotopic (exact) mass is 509 g/mol. The molecule has 3 amide bonds. The standard InChI is InChI=1S/C22H21Cl2N3O5S/c1-12(28)27-11-33-10-18(27)20(29)26-17(22(31)32)9-13-5-7-14(8-6-13)25-21(30)19-15(23)3-2-4-16(19)24/h2-8,17-18H,9-11H2,1H3,(H,25,30)(H,26,29)(H,31,32)/t17-,18?/m0/s1. The van der Waals surface area contributed by atoms with E-state index in [1.807, 2.05) is 0 Å². The summed E-state index contributed by atoms with van der Waals surface area (Å²) in [6.45, 7) is 1.38. The lowest BCUT2D eigenvalue weighted by molar-refractivity contribution is -0.143. The Morgan fingerprint density at radius 3 is 2.33 bits per heavy atom. The molecule has 174 valence electrons. The van der Waals surface area contributed by atoms with Gasteiger partial charge < -0.3 is 20.6 Å². The van der Waals surface area contributed by atoms with E-state index < -0.39 is 29.9 Å². The summed E-state index contributed by atoms with van der Waals surface area (Å²) < 4.78 is 0. The van der Waals surface area contributed by atoms with Crippen LogP contribution < -0.4 is 10.6 Å². The van der Waals surface area contributed by atoms with Gasteiger partial charge in [0.2, 0.25) is 11.8 Å². The van der Waals surface area contributed by atoms with Crippen molar-refractivity contribution in [1.82, 2.24) is 10.2 Å². The molecule has 1 saturated heterocycles. The molecule has 0 aliphatic carbocycles. The second-order valence-corrected chi connectivity index (χ2v) is 9.17. The number of benzene rings is 2. The SMILES string of the molecule is CC(=O)N1CSCC1C(=O)N[C@@H](Cc1ccc(NC(=O)c2c(Cl)cccc2Cl)cc1)C(=O)O. The highest BCUT2D eigenvalue weighted by Crippen LogP contribution is 2.25. The molecule has 2 aromatic carbocycles. The number of halogens is 2. The molecule has 11 heteroatoms. The largest absolute Gasteiger partial charge is 0.480 e. The Kier molecular flexibility index (Phi) is 8.23. The van der Waals surface area contributed by atoms with Gasteiger partial charge >= 0.3 is 5.97 Å². The van der Waals surface area contributed by atoms with Gasteiger partial charge in [-0.2, -0.15) is 0 Å². The Morgan fingerprint density at radius 1 is 1.12 bits per heavy atom. The highest BCUT2D eigenvalue weighted by Gasteiger charge is 2.35. The average Bonchev–Trinajstić information content (AvgIpc) is 3.25. The fraction of sp³-hybridized carbons (Fsp3) is 0.273. The Balaban J connectivity index is 1.64. The van der Waals surface area contributed by atoms with Gasteiger partial charge in [-0.1, -0.05) is 41.4 Å². The minimum Gasteiger partial charge on any atom is -0.480 e. The van der Waals surface area contributed by atoms with E-state index in [1.165, 1.54) is 23.6 Å². The molecule has 2 atom stereocenters. The zero-order valence-electron chi connectivity index (χ0n) is 17.5. The first-order chi connectivity index (χ1) is 15.7. The Labute approximate surface area is 204 Å². The first-order valence-corrected chi connectivity index (χ1v) is 11.8. The minimum absolute atomic E-state index is 0.0333. The Bertz CT molecular complexity index is 1060. The summed E-state index contributed by atoms with van der Waals surface area (Å²) in [4.78, 5) is 49.9. The second-order valence-electron chi connectivity index (χ2n) is 7.36. The molecule has 3 rings (SSSR count). The van der Waals surface area contributed by atoms with Crippen LogP contribution in [-0.4, -0.2) is 57.4 Å². The molecule has 1 unspecified atom stereocenters. The van der Waals surface area contributed by atoms with Crippen molar-refractivity contribution in [2.75, 3.05) is 16.9 Å². The summed E-state index contributed by atoms with van der Waals surface area (Å²) in [5.74, 6) is -1.57. The van der Waals surface area contributed by atoms with Crippen LogP contribution in [0.25, 0.3) is 0 Å². The summed E-state index contributed by atoms with van der Waals surface area (Å²) in [6, 6.07) is 9.43. The lowest BCUT2D eigenvalue weighted by Gasteiger charge is -2.23. The number of carbonyl (C=O) groups is 4. The molecule has 0 bridgehead atoms. The van der Waals surface area contributed by atoms with Gasteiger partial charge in [-0.25, -0.2) is 4.79 Å². The van der Waals surface area contributed by atoms with Crippen molar-refractivity contribution in [1.29, 1.82) is 0 Å². The summed E-state index contributed by atoms with van der Waals surface area (Å²) in [5.41, 5.74) is 1.26. The molecule has 0 aromatic heterocycles. The van der Waals surface area contributed by atoms with Crippen molar-refractivity contribution in [3.8, 4) is 0 Å². The molecular weight excluding hydrogens is 489 g/mol. The number of rotatable bonds is 7. The molecular formula is C22H21Cl2N3O5S. The van der Waals surface area contributed by atoms with Crippen LogP contribution in [0.4, 0.5) is 5.69 Å². The van der Waals surface area contributed by atoms with Gasteiger partial charge in [-0.15, -0.1) is 11.8 Å². The van der Waals surface area contributed by atoms with Gasteiger partial charge in [0.15, 0.2) is 0 Å². The van der Waals surface area contributed by atoms with Gasteiger partial charge in [-0.3, -0.25) is 14.4 Å². The molecule has 3 N–H and O–H groups in total. The molecule has 0 spiro atoms. The number of carboxylic acid groups (broad SMARTS) is 1. The number of anilines is 1. The summed E-state index contributed by atoms with van der Waals surface area (Å²) >= 11 is 13.6. The van der Waals surface area contributed by atoms with Crippen molar-refractivity contribution in [2.24, 2.45) is 0 Å². The normalized spacial score (nSPS) is 16.2. The predicted molar refractivity (Wildman–Crippen MR) is 128 cm³/mol. The van der Waals surface area contributed by atoms with Gasteiger partial charge in [0.05, 0.1) is 21.5 Å². The highest BCUT2D eigenvalue weighted by molar-refractivity contribution is 7.99. The first-order valence-electron chi connectivity index (χ1n) is 9.89. The molecule has 33 heavy (non-hydrogen) atoms. The van der Waals surface area contributed by atoms with Crippen LogP contribution in [0.15, 0.2) is 42.5 Å². The van der Waals surface area contributed by atoms with E-state index in [-0.39, 0.29) is 27.9 Å². The zero-order chi connectivity index (χ0) is 24.1. The fourth-order valence-corrected chi connectivity index (χ4v) is 5.09. The molecule has 1 heterocycles. The zero-order valence-corrected chi connectivity index (χ0v) is 19.8. The first kappa shape index (κ1) is 24.9. The van der Waals surface area contributed by atoms with Crippen LogP contribution in [0.2, 0.25) is 10.0 Å². The fourth-order valence-electron chi connectivity index (χ4n) is 3.31. The molecule has 2 aromatic rings. The van der Waals surface area contributed by atoms with Crippen LogP contribution in [-0.2, 0) is 20.8 Å². The number of aliphatic carboxylic acids is 1. The van der Waals surface area contributed by atoms with Gasteiger partial charge in [-0.05, 0) is 29.8 Å². The van der Waals surface area contributed by atoms with E-state index in [1.54, 1.807) is 42.5 Å². The predicted octanol–water partition coefficient (Wildman–Crippen LogP) is 3.28. The molecule has 0 saturated carbocycles. The van der Waals surface area contributed by atoms with Crippen molar-refractivity contribution in [3.05, 3.63) is 63.6 Å². The van der Waals surface area contributed by atoms with Gasteiger partial charge in [0, 0.05) is 24.8 Å². The summed E-state index contributed by atoms with van der Waals surface area (Å²) in [7, 11) is 0. The second kappa shape index (κ2) is 10.9. The third-order valence-corrected chi connectivity index (χ3v) is 6.69. The summed E-state index contributed by atoms with van der Waals surface area (Å²) in [6.07, 6.45) is 0.0333. The summed E-state index contributed by atoms with van der Waals surface area (Å²) in [5, 5.41) is 15.2. The van der Waals surface area contributed by atoms with Crippen molar-refractivity contribution in [2.45, 2.75) is 25.4 Å². The number of carboxylic acids is 1. The third-order valence-electron chi connectivity index (χ3n) is 5.05. The average molecular weight is 510 g/mol. The molecule has 1 aliphatic heterocycles. The maximum atomic E-state index is 12.6. The lowest BCUT2D eigenvalue weighted by atomic mass is 10.0. The molecule has 8 nitrogen and oxygen atoms in total. The smallest absolute Gasteiger partial charge is 0.326 e. The number of nitrogens with zero attached hydrogens (tertiary/aromatic N) is 1. The van der Waals surface area contributed by atoms with Crippen molar-refractivity contribution >= 4 is 64.3 Å². The highest BCUT2D eigenvalue weighted by atomic mass is 35.5. The van der Waals surface area contributed by atoms with E-state index in [2.05, 4.69) is 10.6 Å². The van der Waals surface area contributed by atoms with Crippen LogP contribution in [0, 0.1) is 0 Å². The maximum Gasteiger partial charge on any atom is 0.326 e. The maximum absolute atomic E-state index is 12.6. The number of thioether (sulfide) groups is 1. The van der Waals surface area contributed by atoms with Crippen LogP contribution in [0.1, 0.15) is 22.8 Å².